The molecule has 0 saturated carbocycles. The molecule has 8 nitrogen and oxygen atoms in total. The van der Waals surface area contributed by atoms with Crippen LogP contribution in [0.4, 0.5) is 18.9 Å². The molecule has 1 saturated heterocycles. The van der Waals surface area contributed by atoms with Crippen LogP contribution in [0.25, 0.3) is 0 Å². The monoisotopic (exact) mass is 526 g/mol. The van der Waals surface area contributed by atoms with Crippen LogP contribution >= 0.6 is 0 Å². The molecule has 0 aliphatic carbocycles. The number of amides is 1. The van der Waals surface area contributed by atoms with Crippen molar-refractivity contribution in [2.24, 2.45) is 0 Å². The number of sulfonamides is 1. The Morgan fingerprint density at radius 1 is 1.08 bits per heavy atom. The number of aromatic nitrogens is 1. The SMILES string of the molecule is CC(C)(CN1CCCCC1)NC(=O)c1cnc2c(c1)N(S(=O)(=O)c1ccc(C(F)(F)F)cc1)CCO2. The topological polar surface area (TPSA) is 91.8 Å². The van der Waals surface area contributed by atoms with Crippen LogP contribution in [0.2, 0.25) is 0 Å². The van der Waals surface area contributed by atoms with Gasteiger partial charge in [-0.3, -0.25) is 9.10 Å². The largest absolute Gasteiger partial charge is 0.474 e. The molecule has 36 heavy (non-hydrogen) atoms. The number of rotatable bonds is 6. The van der Waals surface area contributed by atoms with Gasteiger partial charge in [-0.1, -0.05) is 6.42 Å². The van der Waals surface area contributed by atoms with Crippen molar-refractivity contribution in [1.82, 2.24) is 15.2 Å². The smallest absolute Gasteiger partial charge is 0.416 e. The second-order valence-corrected chi connectivity index (χ2v) is 11.5. The molecule has 0 radical (unpaired) electrons. The summed E-state index contributed by atoms with van der Waals surface area (Å²) in [4.78, 5) is 19.2. The van der Waals surface area contributed by atoms with Crippen molar-refractivity contribution >= 4 is 21.6 Å². The second kappa shape index (κ2) is 9.89. The Morgan fingerprint density at radius 3 is 2.39 bits per heavy atom. The van der Waals surface area contributed by atoms with E-state index in [4.69, 9.17) is 4.74 Å². The van der Waals surface area contributed by atoms with Gasteiger partial charge in [-0.25, -0.2) is 13.4 Å². The highest BCUT2D eigenvalue weighted by atomic mass is 32.2. The number of ether oxygens (including phenoxy) is 1. The quantitative estimate of drug-likeness (QED) is 0.618. The fraction of sp³-hybridized carbons (Fsp3) is 0.500. The fourth-order valence-corrected chi connectivity index (χ4v) is 5.93. The van der Waals surface area contributed by atoms with Gasteiger partial charge in [0.2, 0.25) is 5.88 Å². The Bertz CT molecular complexity index is 1210. The van der Waals surface area contributed by atoms with Crippen molar-refractivity contribution in [2.75, 3.05) is 37.1 Å². The maximum absolute atomic E-state index is 13.3. The molecular weight excluding hydrogens is 497 g/mol. The van der Waals surface area contributed by atoms with Gasteiger partial charge < -0.3 is 15.0 Å². The molecule has 1 N–H and O–H groups in total. The Morgan fingerprint density at radius 2 is 1.75 bits per heavy atom. The van der Waals surface area contributed by atoms with Crippen LogP contribution in [0, 0.1) is 0 Å². The molecule has 196 valence electrons. The van der Waals surface area contributed by atoms with Crippen molar-refractivity contribution in [3.8, 4) is 5.88 Å². The van der Waals surface area contributed by atoms with Gasteiger partial charge in [0.25, 0.3) is 15.9 Å². The van der Waals surface area contributed by atoms with E-state index in [9.17, 15) is 26.4 Å². The lowest BCUT2D eigenvalue weighted by Gasteiger charge is -2.35. The molecule has 2 aliphatic rings. The summed E-state index contributed by atoms with van der Waals surface area (Å²) < 4.78 is 71.8. The van der Waals surface area contributed by atoms with E-state index in [0.717, 1.165) is 54.5 Å². The molecule has 1 fully saturated rings. The first kappa shape index (κ1) is 26.2. The third kappa shape index (κ3) is 5.75. The van der Waals surface area contributed by atoms with Gasteiger partial charge in [-0.2, -0.15) is 13.2 Å². The summed E-state index contributed by atoms with van der Waals surface area (Å²) >= 11 is 0. The number of carbonyl (C=O) groups is 1. The molecule has 2 aromatic rings. The Hall–Kier alpha value is -2.86. The number of carbonyl (C=O) groups excluding carboxylic acids is 1. The van der Waals surface area contributed by atoms with Crippen molar-refractivity contribution in [1.29, 1.82) is 0 Å². The van der Waals surface area contributed by atoms with Gasteiger partial charge in [-0.05, 0) is 70.1 Å². The summed E-state index contributed by atoms with van der Waals surface area (Å²) in [5, 5.41) is 3.00. The molecule has 2 aliphatic heterocycles. The van der Waals surface area contributed by atoms with Gasteiger partial charge in [0.15, 0.2) is 0 Å². The number of nitrogens with zero attached hydrogens (tertiary/aromatic N) is 3. The number of hydrogen-bond acceptors (Lipinski definition) is 6. The van der Waals surface area contributed by atoms with Gasteiger partial charge >= 0.3 is 6.18 Å². The summed E-state index contributed by atoms with van der Waals surface area (Å²) in [5.41, 5.74) is -1.27. The highest BCUT2D eigenvalue weighted by Gasteiger charge is 2.34. The molecular formula is C24H29F3N4O4S. The molecule has 1 aromatic heterocycles. The number of nitrogens with one attached hydrogen (secondary N) is 1. The zero-order valence-corrected chi connectivity index (χ0v) is 21.0. The second-order valence-electron chi connectivity index (χ2n) is 9.67. The van der Waals surface area contributed by atoms with E-state index >= 15 is 0 Å². The highest BCUT2D eigenvalue weighted by molar-refractivity contribution is 7.92. The lowest BCUT2D eigenvalue weighted by Crippen LogP contribution is -2.52. The van der Waals surface area contributed by atoms with Crippen LogP contribution in [0.1, 0.15) is 49.0 Å². The average Bonchev–Trinajstić information content (AvgIpc) is 2.82. The molecule has 0 spiro atoms. The lowest BCUT2D eigenvalue weighted by molar-refractivity contribution is -0.137. The number of piperidine rings is 1. The summed E-state index contributed by atoms with van der Waals surface area (Å²) in [6.45, 7) is 6.42. The van der Waals surface area contributed by atoms with Crippen molar-refractivity contribution < 1.29 is 31.1 Å². The van der Waals surface area contributed by atoms with E-state index in [0.29, 0.717) is 6.54 Å². The Kier molecular flexibility index (Phi) is 7.20. The van der Waals surface area contributed by atoms with Crippen LogP contribution in [0.3, 0.4) is 0 Å². The molecule has 12 heteroatoms. The molecule has 0 bridgehead atoms. The first-order chi connectivity index (χ1) is 16.9. The minimum atomic E-state index is -4.58. The standard InChI is InChI=1S/C24H29F3N4O4S/c1-23(2,16-30-10-4-3-5-11-30)29-21(32)17-14-20-22(28-15-17)35-13-12-31(20)36(33,34)19-8-6-18(7-9-19)24(25,26)27/h6-9,14-15H,3-5,10-13,16H2,1-2H3,(H,29,32). The number of alkyl halides is 3. The Labute approximate surface area is 208 Å². The van der Waals surface area contributed by atoms with Crippen LogP contribution in [-0.2, 0) is 16.2 Å². The Balaban J connectivity index is 1.56. The zero-order valence-electron chi connectivity index (χ0n) is 20.1. The van der Waals surface area contributed by atoms with Crippen LogP contribution in [0.5, 0.6) is 5.88 Å². The molecule has 4 rings (SSSR count). The van der Waals surface area contributed by atoms with Crippen molar-refractivity contribution in [2.45, 2.75) is 49.7 Å². The summed E-state index contributed by atoms with van der Waals surface area (Å²) in [6, 6.07) is 4.66. The number of halogens is 3. The maximum atomic E-state index is 13.3. The molecule has 0 atom stereocenters. The minimum Gasteiger partial charge on any atom is -0.474 e. The fourth-order valence-electron chi connectivity index (χ4n) is 4.49. The number of anilines is 1. The van der Waals surface area contributed by atoms with E-state index in [1.807, 2.05) is 13.8 Å². The summed E-state index contributed by atoms with van der Waals surface area (Å²) in [7, 11) is -4.23. The van der Waals surface area contributed by atoms with Crippen molar-refractivity contribution in [3.05, 3.63) is 47.7 Å². The molecule has 3 heterocycles. The number of likely N-dealkylation sites (tertiary alicyclic amines) is 1. The number of pyridine rings is 1. The zero-order chi connectivity index (χ0) is 26.1. The number of fused-ring (bicyclic) bond motifs is 1. The van der Waals surface area contributed by atoms with Crippen LogP contribution in [-0.4, -0.2) is 62.5 Å². The van der Waals surface area contributed by atoms with Crippen LogP contribution in [0.15, 0.2) is 41.4 Å². The average molecular weight is 527 g/mol. The lowest BCUT2D eigenvalue weighted by atomic mass is 10.0. The number of benzene rings is 1. The van der Waals surface area contributed by atoms with E-state index in [1.54, 1.807) is 0 Å². The molecule has 0 unspecified atom stereocenters. The normalized spacial score (nSPS) is 17.3. The van der Waals surface area contributed by atoms with E-state index in [2.05, 4.69) is 15.2 Å². The first-order valence-corrected chi connectivity index (χ1v) is 13.2. The maximum Gasteiger partial charge on any atom is 0.416 e. The molecule has 1 aromatic carbocycles. The predicted molar refractivity (Wildman–Crippen MR) is 128 cm³/mol. The predicted octanol–water partition coefficient (Wildman–Crippen LogP) is 3.68. The summed E-state index contributed by atoms with van der Waals surface area (Å²) in [6.07, 6.45) is 0.198. The van der Waals surface area contributed by atoms with E-state index in [1.165, 1.54) is 18.7 Å². The van der Waals surface area contributed by atoms with Gasteiger partial charge in [0.05, 0.1) is 22.6 Å². The van der Waals surface area contributed by atoms with Crippen LogP contribution < -0.4 is 14.4 Å². The van der Waals surface area contributed by atoms with Gasteiger partial charge in [0, 0.05) is 18.3 Å². The van der Waals surface area contributed by atoms with Gasteiger partial charge in [0.1, 0.15) is 12.3 Å². The highest BCUT2D eigenvalue weighted by Crippen LogP contribution is 2.35. The van der Waals surface area contributed by atoms with Gasteiger partial charge in [-0.15, -0.1) is 0 Å². The third-order valence-corrected chi connectivity index (χ3v) is 8.01. The minimum absolute atomic E-state index is 0.00821. The first-order valence-electron chi connectivity index (χ1n) is 11.7. The van der Waals surface area contributed by atoms with E-state index < -0.39 is 33.2 Å². The third-order valence-electron chi connectivity index (χ3n) is 6.19. The summed E-state index contributed by atoms with van der Waals surface area (Å²) in [5.74, 6) is -0.384. The van der Waals surface area contributed by atoms with E-state index in [-0.39, 0.29) is 35.2 Å². The number of hydrogen-bond donors (Lipinski definition) is 1. The van der Waals surface area contributed by atoms with Crippen molar-refractivity contribution in [3.63, 3.8) is 0 Å². The molecule has 1 amide bonds.